The van der Waals surface area contributed by atoms with Crippen LogP contribution in [0.1, 0.15) is 25.7 Å². The fourth-order valence-electron chi connectivity index (χ4n) is 1.70. The maximum absolute atomic E-state index is 12.3. The molecule has 0 unspecified atom stereocenters. The Balaban J connectivity index is 2.54. The fourth-order valence-corrected chi connectivity index (χ4v) is 1.70. The van der Waals surface area contributed by atoms with Gasteiger partial charge in [0.1, 0.15) is 0 Å². The molecule has 0 heterocycles. The highest BCUT2D eigenvalue weighted by Crippen LogP contribution is 2.41. The number of alkyl halides is 5. The average molecular weight is 217 g/mol. The van der Waals surface area contributed by atoms with Crippen molar-refractivity contribution in [2.24, 2.45) is 11.7 Å². The summed E-state index contributed by atoms with van der Waals surface area (Å²) in [6, 6.07) is 0. The first kappa shape index (κ1) is 11.7. The van der Waals surface area contributed by atoms with E-state index in [4.69, 9.17) is 5.73 Å². The predicted molar refractivity (Wildman–Crippen MR) is 40.9 cm³/mol. The Kier molecular flexibility index (Phi) is 3.04. The molecule has 1 fully saturated rings. The van der Waals surface area contributed by atoms with Gasteiger partial charge in [0.2, 0.25) is 0 Å². The summed E-state index contributed by atoms with van der Waals surface area (Å²) in [6.07, 6.45) is -8.10. The number of rotatable bonds is 1. The lowest BCUT2D eigenvalue weighted by Gasteiger charge is -2.36. The Bertz CT molecular complexity index is 192. The van der Waals surface area contributed by atoms with Crippen LogP contribution >= 0.6 is 0 Å². The molecule has 1 rings (SSSR count). The summed E-state index contributed by atoms with van der Waals surface area (Å²) < 4.78 is 61.1. The van der Waals surface area contributed by atoms with Crippen LogP contribution in [0.5, 0.6) is 0 Å². The van der Waals surface area contributed by atoms with E-state index in [1.54, 1.807) is 0 Å². The van der Waals surface area contributed by atoms with Crippen molar-refractivity contribution in [3.8, 4) is 0 Å². The SMILES string of the molecule is NC1(C(F)F)CCC(C(F)(F)F)CC1. The van der Waals surface area contributed by atoms with E-state index >= 15 is 0 Å². The van der Waals surface area contributed by atoms with Crippen LogP contribution in [0.2, 0.25) is 0 Å². The summed E-state index contributed by atoms with van der Waals surface area (Å²) in [4.78, 5) is 0. The topological polar surface area (TPSA) is 26.0 Å². The molecule has 0 spiro atoms. The summed E-state index contributed by atoms with van der Waals surface area (Å²) in [5, 5.41) is 0. The lowest BCUT2D eigenvalue weighted by molar-refractivity contribution is -0.187. The first-order chi connectivity index (χ1) is 6.26. The Hall–Kier alpha value is -0.390. The highest BCUT2D eigenvalue weighted by molar-refractivity contribution is 4.93. The number of halogens is 5. The van der Waals surface area contributed by atoms with E-state index in [0.29, 0.717) is 0 Å². The molecule has 6 heteroatoms. The molecule has 0 aromatic rings. The summed E-state index contributed by atoms with van der Waals surface area (Å²) in [6.45, 7) is 0. The van der Waals surface area contributed by atoms with E-state index in [1.807, 2.05) is 0 Å². The third-order valence-electron chi connectivity index (χ3n) is 2.81. The molecule has 0 bridgehead atoms. The van der Waals surface area contributed by atoms with E-state index in [0.717, 1.165) is 0 Å². The lowest BCUT2D eigenvalue weighted by atomic mass is 9.77. The van der Waals surface area contributed by atoms with Gasteiger partial charge in [-0.15, -0.1) is 0 Å². The van der Waals surface area contributed by atoms with Gasteiger partial charge in [-0.1, -0.05) is 0 Å². The zero-order chi connectivity index (χ0) is 11.0. The van der Waals surface area contributed by atoms with Crippen LogP contribution in [-0.2, 0) is 0 Å². The van der Waals surface area contributed by atoms with Crippen molar-refractivity contribution in [2.45, 2.75) is 43.8 Å². The molecule has 0 aliphatic heterocycles. The predicted octanol–water partition coefficient (Wildman–Crippen LogP) is 2.70. The Labute approximate surface area is 78.5 Å². The fraction of sp³-hybridized carbons (Fsp3) is 1.00. The molecular weight excluding hydrogens is 205 g/mol. The average Bonchev–Trinajstić information content (AvgIpc) is 2.03. The second-order valence-electron chi connectivity index (χ2n) is 3.85. The molecule has 0 radical (unpaired) electrons. The highest BCUT2D eigenvalue weighted by Gasteiger charge is 2.47. The second-order valence-corrected chi connectivity index (χ2v) is 3.85. The van der Waals surface area contributed by atoms with E-state index in [9.17, 15) is 22.0 Å². The number of nitrogens with two attached hydrogens (primary N) is 1. The van der Waals surface area contributed by atoms with Crippen molar-refractivity contribution in [3.05, 3.63) is 0 Å². The molecule has 14 heavy (non-hydrogen) atoms. The van der Waals surface area contributed by atoms with Crippen LogP contribution in [0.4, 0.5) is 22.0 Å². The van der Waals surface area contributed by atoms with Gasteiger partial charge in [-0.2, -0.15) is 13.2 Å². The van der Waals surface area contributed by atoms with Gasteiger partial charge in [0.25, 0.3) is 6.43 Å². The second kappa shape index (κ2) is 3.64. The molecule has 1 aliphatic carbocycles. The monoisotopic (exact) mass is 217 g/mol. The first-order valence-corrected chi connectivity index (χ1v) is 4.39. The normalized spacial score (nSPS) is 34.9. The van der Waals surface area contributed by atoms with E-state index in [-0.39, 0.29) is 25.7 Å². The standard InChI is InChI=1S/C8H12F5N/c9-6(10)7(14)3-1-5(2-4-7)8(11,12)13/h5-6H,1-4,14H2. The summed E-state index contributed by atoms with van der Waals surface area (Å²) in [5.74, 6) is -1.46. The third kappa shape index (κ3) is 2.34. The van der Waals surface area contributed by atoms with Crippen molar-refractivity contribution >= 4 is 0 Å². The van der Waals surface area contributed by atoms with Gasteiger partial charge in [-0.25, -0.2) is 8.78 Å². The highest BCUT2D eigenvalue weighted by atomic mass is 19.4. The molecule has 0 aromatic heterocycles. The minimum Gasteiger partial charge on any atom is -0.320 e. The van der Waals surface area contributed by atoms with Gasteiger partial charge in [0.15, 0.2) is 0 Å². The maximum Gasteiger partial charge on any atom is 0.391 e. The van der Waals surface area contributed by atoms with Crippen molar-refractivity contribution in [2.75, 3.05) is 0 Å². The Morgan fingerprint density at radius 1 is 1.14 bits per heavy atom. The largest absolute Gasteiger partial charge is 0.391 e. The van der Waals surface area contributed by atoms with Crippen molar-refractivity contribution in [1.82, 2.24) is 0 Å². The molecule has 1 nitrogen and oxygen atoms in total. The molecule has 0 saturated heterocycles. The van der Waals surface area contributed by atoms with Crippen LogP contribution in [-0.4, -0.2) is 18.1 Å². The number of hydrogen-bond donors (Lipinski definition) is 1. The maximum atomic E-state index is 12.3. The summed E-state index contributed by atoms with van der Waals surface area (Å²) >= 11 is 0. The van der Waals surface area contributed by atoms with Gasteiger partial charge in [0, 0.05) is 0 Å². The van der Waals surface area contributed by atoms with Crippen LogP contribution in [0.3, 0.4) is 0 Å². The number of hydrogen-bond acceptors (Lipinski definition) is 1. The molecule has 1 aliphatic rings. The van der Waals surface area contributed by atoms with Gasteiger partial charge < -0.3 is 5.73 Å². The van der Waals surface area contributed by atoms with Crippen LogP contribution in [0.15, 0.2) is 0 Å². The summed E-state index contributed by atoms with van der Waals surface area (Å²) in [5.41, 5.74) is 3.58. The van der Waals surface area contributed by atoms with E-state index in [1.165, 1.54) is 0 Å². The van der Waals surface area contributed by atoms with Gasteiger partial charge in [-0.05, 0) is 25.7 Å². The van der Waals surface area contributed by atoms with Crippen molar-refractivity contribution in [1.29, 1.82) is 0 Å². The molecule has 0 atom stereocenters. The van der Waals surface area contributed by atoms with Gasteiger partial charge in [0.05, 0.1) is 11.5 Å². The minimum atomic E-state index is -4.27. The Morgan fingerprint density at radius 2 is 1.57 bits per heavy atom. The van der Waals surface area contributed by atoms with Crippen LogP contribution < -0.4 is 5.73 Å². The molecule has 2 N–H and O–H groups in total. The summed E-state index contributed by atoms with van der Waals surface area (Å²) in [7, 11) is 0. The van der Waals surface area contributed by atoms with E-state index in [2.05, 4.69) is 0 Å². The molecule has 0 aromatic carbocycles. The zero-order valence-corrected chi connectivity index (χ0v) is 7.45. The smallest absolute Gasteiger partial charge is 0.320 e. The van der Waals surface area contributed by atoms with Crippen molar-refractivity contribution in [3.63, 3.8) is 0 Å². The first-order valence-electron chi connectivity index (χ1n) is 4.39. The minimum absolute atomic E-state index is 0.255. The third-order valence-corrected chi connectivity index (χ3v) is 2.81. The van der Waals surface area contributed by atoms with Crippen LogP contribution in [0, 0.1) is 5.92 Å². The van der Waals surface area contributed by atoms with E-state index < -0.39 is 24.1 Å². The zero-order valence-electron chi connectivity index (χ0n) is 7.45. The molecule has 84 valence electrons. The van der Waals surface area contributed by atoms with Gasteiger partial charge >= 0.3 is 6.18 Å². The molecular formula is C8H12F5N. The molecule has 0 amide bonds. The van der Waals surface area contributed by atoms with Crippen molar-refractivity contribution < 1.29 is 22.0 Å². The quantitative estimate of drug-likeness (QED) is 0.671. The lowest BCUT2D eigenvalue weighted by Crippen LogP contribution is -2.50. The molecule has 1 saturated carbocycles. The Morgan fingerprint density at radius 3 is 1.86 bits per heavy atom. The van der Waals surface area contributed by atoms with Gasteiger partial charge in [-0.3, -0.25) is 0 Å². The van der Waals surface area contributed by atoms with Crippen LogP contribution in [0.25, 0.3) is 0 Å².